The Hall–Kier alpha value is -3.14. The zero-order chi connectivity index (χ0) is 18.8. The molecule has 4 nitrogen and oxygen atoms in total. The SMILES string of the molecule is O=C(O)CCc1ccc2c(c1)CN(C(=O)c1ccc3ccccc3c1)CC2. The number of aliphatic carboxylic acids is 1. The van der Waals surface area contributed by atoms with Crippen LogP contribution in [-0.2, 0) is 24.2 Å². The first kappa shape index (κ1) is 17.3. The van der Waals surface area contributed by atoms with Crippen LogP contribution < -0.4 is 0 Å². The average molecular weight is 359 g/mol. The summed E-state index contributed by atoms with van der Waals surface area (Å²) in [5, 5.41) is 11.1. The maximum atomic E-state index is 13.0. The second kappa shape index (κ2) is 7.23. The van der Waals surface area contributed by atoms with Gasteiger partial charge in [-0.05, 0) is 52.4 Å². The maximum absolute atomic E-state index is 13.0. The highest BCUT2D eigenvalue weighted by Crippen LogP contribution is 2.24. The number of rotatable bonds is 4. The minimum Gasteiger partial charge on any atom is -0.481 e. The van der Waals surface area contributed by atoms with Gasteiger partial charge in [-0.1, -0.05) is 48.5 Å². The van der Waals surface area contributed by atoms with Crippen LogP contribution in [-0.4, -0.2) is 28.4 Å². The fourth-order valence-electron chi connectivity index (χ4n) is 3.70. The van der Waals surface area contributed by atoms with Crippen molar-refractivity contribution < 1.29 is 14.7 Å². The van der Waals surface area contributed by atoms with Crippen molar-refractivity contribution in [3.05, 3.63) is 82.9 Å². The molecular weight excluding hydrogens is 338 g/mol. The number of hydrogen-bond donors (Lipinski definition) is 1. The van der Waals surface area contributed by atoms with Crippen LogP contribution in [0.15, 0.2) is 60.7 Å². The monoisotopic (exact) mass is 359 g/mol. The third-order valence-electron chi connectivity index (χ3n) is 5.19. The number of amides is 1. The number of carboxylic acid groups (broad SMARTS) is 1. The molecule has 0 fully saturated rings. The van der Waals surface area contributed by atoms with E-state index in [2.05, 4.69) is 12.1 Å². The van der Waals surface area contributed by atoms with Gasteiger partial charge < -0.3 is 10.0 Å². The summed E-state index contributed by atoms with van der Waals surface area (Å²) in [6.07, 6.45) is 1.47. The largest absolute Gasteiger partial charge is 0.481 e. The van der Waals surface area contributed by atoms with Gasteiger partial charge in [-0.3, -0.25) is 9.59 Å². The number of carboxylic acids is 1. The number of carbonyl (C=O) groups excluding carboxylic acids is 1. The predicted molar refractivity (Wildman–Crippen MR) is 105 cm³/mol. The van der Waals surface area contributed by atoms with Crippen molar-refractivity contribution in [2.75, 3.05) is 6.54 Å². The van der Waals surface area contributed by atoms with Gasteiger partial charge in [0.15, 0.2) is 0 Å². The fraction of sp³-hybridized carbons (Fsp3) is 0.217. The molecule has 4 heteroatoms. The molecule has 0 unspecified atom stereocenters. The Morgan fingerprint density at radius 3 is 2.56 bits per heavy atom. The molecule has 0 saturated heterocycles. The Labute approximate surface area is 158 Å². The van der Waals surface area contributed by atoms with Gasteiger partial charge in [0.2, 0.25) is 0 Å². The second-order valence-electron chi connectivity index (χ2n) is 7.04. The summed E-state index contributed by atoms with van der Waals surface area (Å²) in [6.45, 7) is 1.27. The van der Waals surface area contributed by atoms with E-state index in [0.29, 0.717) is 25.1 Å². The summed E-state index contributed by atoms with van der Waals surface area (Å²) in [6, 6.07) is 20.0. The number of benzene rings is 3. The third-order valence-corrected chi connectivity index (χ3v) is 5.19. The van der Waals surface area contributed by atoms with Gasteiger partial charge in [0.05, 0.1) is 0 Å². The van der Waals surface area contributed by atoms with Crippen LogP contribution in [0.2, 0.25) is 0 Å². The lowest BCUT2D eigenvalue weighted by Gasteiger charge is -2.29. The van der Waals surface area contributed by atoms with Crippen LogP contribution in [0, 0.1) is 0 Å². The molecule has 1 heterocycles. The normalized spacial score (nSPS) is 13.4. The summed E-state index contributed by atoms with van der Waals surface area (Å²) < 4.78 is 0. The lowest BCUT2D eigenvalue weighted by Crippen LogP contribution is -2.36. The minimum absolute atomic E-state index is 0.0438. The van der Waals surface area contributed by atoms with Crippen LogP contribution in [0.1, 0.15) is 33.5 Å². The van der Waals surface area contributed by atoms with Crippen molar-refractivity contribution in [2.45, 2.75) is 25.8 Å². The van der Waals surface area contributed by atoms with Gasteiger partial charge in [0.25, 0.3) is 5.91 Å². The Morgan fingerprint density at radius 2 is 1.74 bits per heavy atom. The Kier molecular flexibility index (Phi) is 4.63. The molecule has 1 amide bonds. The minimum atomic E-state index is -0.791. The lowest BCUT2D eigenvalue weighted by atomic mass is 9.95. The van der Waals surface area contributed by atoms with Crippen molar-refractivity contribution in [1.29, 1.82) is 0 Å². The molecule has 136 valence electrons. The molecular formula is C23H21NO3. The van der Waals surface area contributed by atoms with E-state index in [4.69, 9.17) is 5.11 Å². The van der Waals surface area contributed by atoms with Crippen LogP contribution >= 0.6 is 0 Å². The molecule has 27 heavy (non-hydrogen) atoms. The molecule has 3 aromatic rings. The van der Waals surface area contributed by atoms with Gasteiger partial charge in [0, 0.05) is 25.1 Å². The van der Waals surface area contributed by atoms with Crippen molar-refractivity contribution in [1.82, 2.24) is 4.90 Å². The molecule has 3 aromatic carbocycles. The average Bonchev–Trinajstić information content (AvgIpc) is 2.70. The van der Waals surface area contributed by atoms with Crippen molar-refractivity contribution in [3.63, 3.8) is 0 Å². The van der Waals surface area contributed by atoms with E-state index in [-0.39, 0.29) is 12.3 Å². The van der Waals surface area contributed by atoms with Crippen LogP contribution in [0.3, 0.4) is 0 Å². The zero-order valence-corrected chi connectivity index (χ0v) is 15.0. The Balaban J connectivity index is 1.54. The zero-order valence-electron chi connectivity index (χ0n) is 15.0. The van der Waals surface area contributed by atoms with E-state index < -0.39 is 5.97 Å². The van der Waals surface area contributed by atoms with Gasteiger partial charge >= 0.3 is 5.97 Å². The molecule has 0 atom stereocenters. The molecule has 0 aliphatic carbocycles. The first-order valence-electron chi connectivity index (χ1n) is 9.21. The maximum Gasteiger partial charge on any atom is 0.303 e. The summed E-state index contributed by atoms with van der Waals surface area (Å²) in [5.74, 6) is -0.747. The highest BCUT2D eigenvalue weighted by atomic mass is 16.4. The molecule has 1 N–H and O–H groups in total. The number of aryl methyl sites for hydroxylation is 1. The molecule has 0 radical (unpaired) electrons. The van der Waals surface area contributed by atoms with Gasteiger partial charge in [0.1, 0.15) is 0 Å². The topological polar surface area (TPSA) is 57.6 Å². The van der Waals surface area contributed by atoms with E-state index in [0.717, 1.165) is 28.3 Å². The van der Waals surface area contributed by atoms with E-state index in [1.807, 2.05) is 53.4 Å². The van der Waals surface area contributed by atoms with Crippen LogP contribution in [0.25, 0.3) is 10.8 Å². The predicted octanol–water partition coefficient (Wildman–Crippen LogP) is 4.06. The van der Waals surface area contributed by atoms with Crippen LogP contribution in [0.5, 0.6) is 0 Å². The van der Waals surface area contributed by atoms with Crippen molar-refractivity contribution in [3.8, 4) is 0 Å². The van der Waals surface area contributed by atoms with E-state index in [1.54, 1.807) is 0 Å². The smallest absolute Gasteiger partial charge is 0.303 e. The van der Waals surface area contributed by atoms with E-state index in [1.165, 1.54) is 5.56 Å². The fourth-order valence-corrected chi connectivity index (χ4v) is 3.70. The number of nitrogens with zero attached hydrogens (tertiary/aromatic N) is 1. The van der Waals surface area contributed by atoms with Crippen molar-refractivity contribution in [2.24, 2.45) is 0 Å². The first-order chi connectivity index (χ1) is 13.1. The van der Waals surface area contributed by atoms with Crippen LogP contribution in [0.4, 0.5) is 0 Å². The second-order valence-corrected chi connectivity index (χ2v) is 7.04. The molecule has 0 bridgehead atoms. The van der Waals surface area contributed by atoms with Gasteiger partial charge in [-0.15, -0.1) is 0 Å². The Bertz CT molecular complexity index is 1030. The van der Waals surface area contributed by atoms with E-state index in [9.17, 15) is 9.59 Å². The molecule has 0 spiro atoms. The first-order valence-corrected chi connectivity index (χ1v) is 9.21. The molecule has 0 aromatic heterocycles. The van der Waals surface area contributed by atoms with Gasteiger partial charge in [-0.25, -0.2) is 0 Å². The highest BCUT2D eigenvalue weighted by Gasteiger charge is 2.22. The molecule has 4 rings (SSSR count). The van der Waals surface area contributed by atoms with E-state index >= 15 is 0 Å². The Morgan fingerprint density at radius 1 is 0.926 bits per heavy atom. The molecule has 1 aliphatic heterocycles. The summed E-state index contributed by atoms with van der Waals surface area (Å²) >= 11 is 0. The quantitative estimate of drug-likeness (QED) is 0.764. The lowest BCUT2D eigenvalue weighted by molar-refractivity contribution is -0.136. The van der Waals surface area contributed by atoms with Gasteiger partial charge in [-0.2, -0.15) is 0 Å². The highest BCUT2D eigenvalue weighted by molar-refractivity contribution is 5.98. The number of hydrogen-bond acceptors (Lipinski definition) is 2. The third kappa shape index (κ3) is 3.70. The summed E-state index contributed by atoms with van der Waals surface area (Å²) in [7, 11) is 0. The molecule has 0 saturated carbocycles. The van der Waals surface area contributed by atoms with Crippen molar-refractivity contribution >= 4 is 22.6 Å². The molecule has 1 aliphatic rings. The standard InChI is InChI=1S/C23H21NO3/c25-22(26)10-6-16-5-7-18-11-12-24(15-21(18)13-16)23(27)20-9-8-17-3-1-2-4-19(17)14-20/h1-5,7-9,13-14H,6,10-12,15H2,(H,25,26). The summed E-state index contributed by atoms with van der Waals surface area (Å²) in [5.41, 5.74) is 4.09. The summed E-state index contributed by atoms with van der Waals surface area (Å²) in [4.78, 5) is 25.7. The number of carbonyl (C=O) groups is 2. The number of fused-ring (bicyclic) bond motifs is 2.